The van der Waals surface area contributed by atoms with Crippen LogP contribution >= 0.6 is 0 Å². The summed E-state index contributed by atoms with van der Waals surface area (Å²) in [4.78, 5) is 25.8. The van der Waals surface area contributed by atoms with Crippen LogP contribution in [0.25, 0.3) is 21.5 Å². The van der Waals surface area contributed by atoms with Gasteiger partial charge in [0.1, 0.15) is 0 Å². The zero-order valence-corrected chi connectivity index (χ0v) is 16.8. The van der Waals surface area contributed by atoms with E-state index in [1.807, 2.05) is 54.6 Å². The summed E-state index contributed by atoms with van der Waals surface area (Å²) in [6.07, 6.45) is -0.990. The summed E-state index contributed by atoms with van der Waals surface area (Å²) in [5, 5.41) is 6.20. The van der Waals surface area contributed by atoms with Crippen molar-refractivity contribution in [3.8, 4) is 11.5 Å². The Balaban J connectivity index is 1.40. The molecule has 0 radical (unpaired) electrons. The van der Waals surface area contributed by atoms with E-state index in [9.17, 15) is 9.59 Å². The molecule has 1 amide bonds. The van der Waals surface area contributed by atoms with Gasteiger partial charge in [0.2, 0.25) is 6.79 Å². The molecule has 0 bridgehead atoms. The summed E-state index contributed by atoms with van der Waals surface area (Å²) >= 11 is 0. The van der Waals surface area contributed by atoms with E-state index < -0.39 is 18.0 Å². The first-order valence-corrected chi connectivity index (χ1v) is 9.92. The van der Waals surface area contributed by atoms with Crippen LogP contribution in [-0.2, 0) is 9.53 Å². The topological polar surface area (TPSA) is 73.9 Å². The van der Waals surface area contributed by atoms with Gasteiger partial charge in [0.05, 0.1) is 5.56 Å². The van der Waals surface area contributed by atoms with Crippen molar-refractivity contribution in [3.63, 3.8) is 0 Å². The molecule has 0 spiro atoms. The molecule has 0 saturated heterocycles. The Bertz CT molecular complexity index is 1280. The summed E-state index contributed by atoms with van der Waals surface area (Å²) in [5.74, 6) is 0.211. The number of amides is 1. The van der Waals surface area contributed by atoms with Crippen molar-refractivity contribution in [2.24, 2.45) is 0 Å². The van der Waals surface area contributed by atoms with Crippen molar-refractivity contribution in [3.05, 3.63) is 78.4 Å². The highest BCUT2D eigenvalue weighted by Gasteiger charge is 2.23. The molecule has 6 nitrogen and oxygen atoms in total. The molecule has 4 aromatic rings. The van der Waals surface area contributed by atoms with Crippen molar-refractivity contribution in [2.45, 2.75) is 13.0 Å². The van der Waals surface area contributed by atoms with Crippen molar-refractivity contribution in [2.75, 3.05) is 12.1 Å². The normalized spacial score (nSPS) is 13.2. The summed E-state index contributed by atoms with van der Waals surface area (Å²) in [6.45, 7) is 1.70. The van der Waals surface area contributed by atoms with E-state index in [0.29, 0.717) is 22.7 Å². The second-order valence-corrected chi connectivity index (χ2v) is 7.30. The Morgan fingerprint density at radius 3 is 2.23 bits per heavy atom. The van der Waals surface area contributed by atoms with Gasteiger partial charge in [0.25, 0.3) is 5.91 Å². The van der Waals surface area contributed by atoms with Crippen LogP contribution in [0.5, 0.6) is 11.5 Å². The molecular weight excluding hydrogens is 394 g/mol. The van der Waals surface area contributed by atoms with Crippen LogP contribution in [0.1, 0.15) is 17.3 Å². The number of ether oxygens (including phenoxy) is 3. The Hall–Kier alpha value is -4.06. The van der Waals surface area contributed by atoms with E-state index in [1.165, 1.54) is 0 Å². The molecule has 1 aliphatic rings. The molecule has 1 heterocycles. The third-order valence-electron chi connectivity index (χ3n) is 5.27. The molecule has 0 aromatic heterocycles. The number of esters is 1. The van der Waals surface area contributed by atoms with Gasteiger partial charge in [0.15, 0.2) is 17.6 Å². The SMILES string of the molecule is C[C@@H](OC(=O)c1c2ccccc2cc2ccccc12)C(=O)Nc1ccc2c(c1)OCO2. The summed E-state index contributed by atoms with van der Waals surface area (Å²) in [7, 11) is 0. The molecule has 1 aliphatic heterocycles. The minimum absolute atomic E-state index is 0.153. The standard InChI is InChI=1S/C25H19NO5/c1-15(24(27)26-18-10-11-21-22(13-18)30-14-29-21)31-25(28)23-19-8-4-2-6-16(19)12-17-7-3-5-9-20(17)23/h2-13,15H,14H2,1H3,(H,26,27)/t15-/m1/s1. The number of carbonyl (C=O) groups excluding carboxylic acids is 2. The number of hydrogen-bond donors (Lipinski definition) is 1. The Morgan fingerprint density at radius 1 is 0.871 bits per heavy atom. The highest BCUT2D eigenvalue weighted by atomic mass is 16.7. The average Bonchev–Trinajstić information content (AvgIpc) is 3.25. The first-order valence-electron chi connectivity index (χ1n) is 9.92. The lowest BCUT2D eigenvalue weighted by molar-refractivity contribution is -0.123. The van der Waals surface area contributed by atoms with E-state index in [2.05, 4.69) is 5.32 Å². The second-order valence-electron chi connectivity index (χ2n) is 7.30. The monoisotopic (exact) mass is 413 g/mol. The lowest BCUT2D eigenvalue weighted by atomic mass is 9.97. The summed E-state index contributed by atoms with van der Waals surface area (Å²) in [6, 6.07) is 22.4. The Morgan fingerprint density at radius 2 is 1.52 bits per heavy atom. The largest absolute Gasteiger partial charge is 0.454 e. The van der Waals surface area contributed by atoms with Crippen LogP contribution in [0.2, 0.25) is 0 Å². The van der Waals surface area contributed by atoms with Crippen molar-refractivity contribution < 1.29 is 23.8 Å². The Labute approximate surface area is 178 Å². The molecule has 5 rings (SSSR count). The molecule has 0 aliphatic carbocycles. The van der Waals surface area contributed by atoms with E-state index in [-0.39, 0.29) is 6.79 Å². The molecule has 0 unspecified atom stereocenters. The maximum absolute atomic E-state index is 13.2. The van der Waals surface area contributed by atoms with E-state index in [1.54, 1.807) is 25.1 Å². The zero-order chi connectivity index (χ0) is 21.4. The third-order valence-corrected chi connectivity index (χ3v) is 5.27. The summed E-state index contributed by atoms with van der Waals surface area (Å²) < 4.78 is 16.2. The molecule has 154 valence electrons. The molecule has 1 atom stereocenters. The highest BCUT2D eigenvalue weighted by molar-refractivity contribution is 6.17. The number of rotatable bonds is 4. The quantitative estimate of drug-likeness (QED) is 0.380. The number of carbonyl (C=O) groups is 2. The highest BCUT2D eigenvalue weighted by Crippen LogP contribution is 2.34. The van der Waals surface area contributed by atoms with Crippen LogP contribution in [0.4, 0.5) is 5.69 Å². The molecule has 1 N–H and O–H groups in total. The number of benzene rings is 4. The average molecular weight is 413 g/mol. The van der Waals surface area contributed by atoms with Crippen LogP contribution in [0, 0.1) is 0 Å². The van der Waals surface area contributed by atoms with Gasteiger partial charge < -0.3 is 19.5 Å². The number of hydrogen-bond acceptors (Lipinski definition) is 5. The minimum atomic E-state index is -0.990. The number of nitrogens with one attached hydrogen (secondary N) is 1. The minimum Gasteiger partial charge on any atom is -0.454 e. The lowest BCUT2D eigenvalue weighted by Gasteiger charge is -2.16. The van der Waals surface area contributed by atoms with Gasteiger partial charge >= 0.3 is 5.97 Å². The van der Waals surface area contributed by atoms with Crippen LogP contribution < -0.4 is 14.8 Å². The van der Waals surface area contributed by atoms with E-state index >= 15 is 0 Å². The maximum atomic E-state index is 13.2. The predicted molar refractivity (Wildman–Crippen MR) is 118 cm³/mol. The maximum Gasteiger partial charge on any atom is 0.340 e. The predicted octanol–water partition coefficient (Wildman–Crippen LogP) is 4.91. The summed E-state index contributed by atoms with van der Waals surface area (Å²) in [5.41, 5.74) is 0.990. The van der Waals surface area contributed by atoms with Gasteiger partial charge in [-0.05, 0) is 46.7 Å². The van der Waals surface area contributed by atoms with Gasteiger partial charge in [0, 0.05) is 11.8 Å². The fourth-order valence-corrected chi connectivity index (χ4v) is 3.72. The molecule has 6 heteroatoms. The fraction of sp³-hybridized carbons (Fsp3) is 0.120. The van der Waals surface area contributed by atoms with Gasteiger partial charge in [-0.25, -0.2) is 4.79 Å². The smallest absolute Gasteiger partial charge is 0.340 e. The van der Waals surface area contributed by atoms with Gasteiger partial charge in [-0.15, -0.1) is 0 Å². The van der Waals surface area contributed by atoms with E-state index in [0.717, 1.165) is 21.5 Å². The molecule has 4 aromatic carbocycles. The number of anilines is 1. The number of fused-ring (bicyclic) bond motifs is 3. The first-order chi connectivity index (χ1) is 15.1. The van der Waals surface area contributed by atoms with Crippen molar-refractivity contribution >= 4 is 39.1 Å². The molecular formula is C25H19NO5. The van der Waals surface area contributed by atoms with Crippen LogP contribution in [0.3, 0.4) is 0 Å². The molecule has 0 saturated carbocycles. The van der Waals surface area contributed by atoms with Gasteiger partial charge in [-0.3, -0.25) is 4.79 Å². The van der Waals surface area contributed by atoms with Crippen LogP contribution in [-0.4, -0.2) is 24.8 Å². The van der Waals surface area contributed by atoms with Crippen LogP contribution in [0.15, 0.2) is 72.8 Å². The third kappa shape index (κ3) is 3.53. The molecule has 31 heavy (non-hydrogen) atoms. The molecule has 0 fully saturated rings. The fourth-order valence-electron chi connectivity index (χ4n) is 3.72. The van der Waals surface area contributed by atoms with Crippen molar-refractivity contribution in [1.29, 1.82) is 0 Å². The first kappa shape index (κ1) is 18.9. The lowest BCUT2D eigenvalue weighted by Crippen LogP contribution is -2.30. The Kier molecular flexibility index (Phi) is 4.67. The second kappa shape index (κ2) is 7.65. The van der Waals surface area contributed by atoms with E-state index in [4.69, 9.17) is 14.2 Å². The van der Waals surface area contributed by atoms with Gasteiger partial charge in [-0.1, -0.05) is 48.5 Å². The zero-order valence-electron chi connectivity index (χ0n) is 16.8. The van der Waals surface area contributed by atoms with Gasteiger partial charge in [-0.2, -0.15) is 0 Å². The van der Waals surface area contributed by atoms with Crippen molar-refractivity contribution in [1.82, 2.24) is 0 Å².